The molecule has 0 amide bonds. The lowest BCUT2D eigenvalue weighted by molar-refractivity contribution is 0.0672. The Morgan fingerprint density at radius 3 is 2.77 bits per heavy atom. The van der Waals surface area contributed by atoms with Crippen LogP contribution in [0.3, 0.4) is 0 Å². The van der Waals surface area contributed by atoms with Gasteiger partial charge in [-0.05, 0) is 57.3 Å². The van der Waals surface area contributed by atoms with Crippen LogP contribution in [0.15, 0.2) is 17.4 Å². The van der Waals surface area contributed by atoms with Crippen LogP contribution in [0.5, 0.6) is 0 Å². The number of nitrogens with one attached hydrogen (secondary N) is 2. The number of fused-ring (bicyclic) bond motifs is 2. The minimum atomic E-state index is -1.01. The molecule has 1 aromatic heterocycles. The zero-order valence-corrected chi connectivity index (χ0v) is 18.6. The molecule has 1 aromatic rings. The van der Waals surface area contributed by atoms with Crippen LogP contribution in [0.4, 0.5) is 0 Å². The van der Waals surface area contributed by atoms with E-state index in [1.165, 1.54) is 32.1 Å². The van der Waals surface area contributed by atoms with Gasteiger partial charge in [0.1, 0.15) is 5.60 Å². The Labute approximate surface area is 174 Å². The molecule has 2 bridgehead atoms. The quantitative estimate of drug-likeness (QED) is 0.322. The molecule has 7 heteroatoms. The first kappa shape index (κ1) is 21.5. The van der Waals surface area contributed by atoms with Crippen molar-refractivity contribution in [3.8, 4) is 0 Å². The second kappa shape index (κ2) is 9.39. The van der Waals surface area contributed by atoms with Crippen LogP contribution < -0.4 is 10.6 Å². The Kier molecular flexibility index (Phi) is 7.76. The van der Waals surface area contributed by atoms with E-state index in [4.69, 9.17) is 0 Å². The van der Waals surface area contributed by atoms with Crippen LogP contribution in [-0.2, 0) is 12.6 Å². The molecule has 26 heavy (non-hydrogen) atoms. The average molecular weight is 475 g/mol. The number of hydrogen-bond acceptors (Lipinski definition) is 3. The number of aliphatic imine (C=N–C) groups is 1. The number of hydrogen-bond donors (Lipinski definition) is 3. The molecule has 3 N–H and O–H groups in total. The van der Waals surface area contributed by atoms with Crippen LogP contribution in [0.1, 0.15) is 51.5 Å². The molecule has 2 saturated carbocycles. The number of halogens is 1. The van der Waals surface area contributed by atoms with Gasteiger partial charge in [0.25, 0.3) is 0 Å². The SMILES string of the molecule is CCNC(=NCC(C)(O)c1cnn(C)c1)NCCC1CC2CCC1C2.I. The van der Waals surface area contributed by atoms with Crippen molar-refractivity contribution in [2.75, 3.05) is 19.6 Å². The minimum absolute atomic E-state index is 0. The largest absolute Gasteiger partial charge is 0.383 e. The van der Waals surface area contributed by atoms with Crippen LogP contribution in [0.2, 0.25) is 0 Å². The molecule has 0 saturated heterocycles. The van der Waals surface area contributed by atoms with E-state index in [2.05, 4.69) is 27.6 Å². The molecule has 6 nitrogen and oxygen atoms in total. The average Bonchev–Trinajstić information content (AvgIpc) is 3.29. The van der Waals surface area contributed by atoms with Crippen molar-refractivity contribution in [1.82, 2.24) is 20.4 Å². The summed E-state index contributed by atoms with van der Waals surface area (Å²) in [4.78, 5) is 4.59. The standard InChI is InChI=1S/C19H33N5O.HI/c1-4-20-18(21-8-7-16-10-14-5-6-15(16)9-14)22-13-19(2,25)17-11-23-24(3)12-17;/h11-12,14-16,25H,4-10,13H2,1-3H3,(H2,20,21,22);1H. The van der Waals surface area contributed by atoms with Crippen molar-refractivity contribution < 1.29 is 5.11 Å². The van der Waals surface area contributed by atoms with Crippen molar-refractivity contribution in [3.05, 3.63) is 18.0 Å². The highest BCUT2D eigenvalue weighted by atomic mass is 127. The van der Waals surface area contributed by atoms with Gasteiger partial charge in [-0.1, -0.05) is 6.42 Å². The number of aromatic nitrogens is 2. The fraction of sp³-hybridized carbons (Fsp3) is 0.789. The van der Waals surface area contributed by atoms with Crippen LogP contribution in [0.25, 0.3) is 0 Å². The first-order valence-electron chi connectivity index (χ1n) is 9.71. The van der Waals surface area contributed by atoms with Crippen LogP contribution >= 0.6 is 24.0 Å². The van der Waals surface area contributed by atoms with Crippen molar-refractivity contribution in [3.63, 3.8) is 0 Å². The lowest BCUT2D eigenvalue weighted by Gasteiger charge is -2.23. The Morgan fingerprint density at radius 1 is 1.38 bits per heavy atom. The van der Waals surface area contributed by atoms with Crippen LogP contribution in [0, 0.1) is 17.8 Å². The maximum atomic E-state index is 10.7. The van der Waals surface area contributed by atoms with Gasteiger partial charge in [-0.2, -0.15) is 5.10 Å². The second-order valence-electron chi connectivity index (χ2n) is 8.02. The number of guanidine groups is 1. The highest BCUT2D eigenvalue weighted by Crippen LogP contribution is 2.49. The maximum absolute atomic E-state index is 10.7. The van der Waals surface area contributed by atoms with E-state index in [-0.39, 0.29) is 24.0 Å². The molecule has 2 aliphatic carbocycles. The Bertz CT molecular complexity index is 601. The molecule has 4 atom stereocenters. The van der Waals surface area contributed by atoms with Gasteiger partial charge in [0, 0.05) is 31.9 Å². The maximum Gasteiger partial charge on any atom is 0.191 e. The van der Waals surface area contributed by atoms with E-state index < -0.39 is 5.60 Å². The molecule has 0 radical (unpaired) electrons. The molecule has 148 valence electrons. The number of rotatable bonds is 7. The third kappa shape index (κ3) is 5.34. The van der Waals surface area contributed by atoms with Gasteiger partial charge < -0.3 is 15.7 Å². The molecule has 4 unspecified atom stereocenters. The minimum Gasteiger partial charge on any atom is -0.383 e. The molecule has 0 spiro atoms. The van der Waals surface area contributed by atoms with Gasteiger partial charge in [-0.3, -0.25) is 4.68 Å². The summed E-state index contributed by atoms with van der Waals surface area (Å²) in [6.45, 7) is 5.92. The van der Waals surface area contributed by atoms with E-state index in [1.807, 2.05) is 13.2 Å². The first-order valence-corrected chi connectivity index (χ1v) is 9.71. The van der Waals surface area contributed by atoms with Crippen molar-refractivity contribution in [2.45, 2.75) is 51.6 Å². The van der Waals surface area contributed by atoms with Crippen molar-refractivity contribution in [1.29, 1.82) is 0 Å². The smallest absolute Gasteiger partial charge is 0.191 e. The summed E-state index contributed by atoms with van der Waals surface area (Å²) in [6, 6.07) is 0. The normalized spacial score (nSPS) is 27.1. The van der Waals surface area contributed by atoms with E-state index >= 15 is 0 Å². The third-order valence-electron chi connectivity index (χ3n) is 5.91. The number of aliphatic hydroxyl groups is 1. The highest BCUT2D eigenvalue weighted by molar-refractivity contribution is 14.0. The summed E-state index contributed by atoms with van der Waals surface area (Å²) < 4.78 is 1.70. The summed E-state index contributed by atoms with van der Waals surface area (Å²) in [5, 5.41) is 21.5. The predicted molar refractivity (Wildman–Crippen MR) is 116 cm³/mol. The third-order valence-corrected chi connectivity index (χ3v) is 5.91. The van der Waals surface area contributed by atoms with Gasteiger partial charge in [-0.15, -0.1) is 24.0 Å². The molecule has 2 fully saturated rings. The van der Waals surface area contributed by atoms with Gasteiger partial charge in [-0.25, -0.2) is 4.99 Å². The topological polar surface area (TPSA) is 74.5 Å². The molecule has 0 aromatic carbocycles. The van der Waals surface area contributed by atoms with Gasteiger partial charge in [0.15, 0.2) is 5.96 Å². The summed E-state index contributed by atoms with van der Waals surface area (Å²) in [5.74, 6) is 3.66. The fourth-order valence-electron chi connectivity index (χ4n) is 4.47. The van der Waals surface area contributed by atoms with E-state index in [0.29, 0.717) is 6.54 Å². The van der Waals surface area contributed by atoms with Gasteiger partial charge in [0.05, 0.1) is 12.7 Å². The fourth-order valence-corrected chi connectivity index (χ4v) is 4.47. The Hall–Kier alpha value is -0.830. The molecule has 0 aliphatic heterocycles. The number of nitrogens with zero attached hydrogens (tertiary/aromatic N) is 3. The van der Waals surface area contributed by atoms with Crippen molar-refractivity contribution in [2.24, 2.45) is 29.8 Å². The zero-order valence-electron chi connectivity index (χ0n) is 16.2. The second-order valence-corrected chi connectivity index (χ2v) is 8.02. The van der Waals surface area contributed by atoms with Gasteiger partial charge >= 0.3 is 0 Å². The summed E-state index contributed by atoms with van der Waals surface area (Å²) >= 11 is 0. The molecule has 2 aliphatic rings. The highest BCUT2D eigenvalue weighted by Gasteiger charge is 2.38. The molecule has 1 heterocycles. The number of aryl methyl sites for hydroxylation is 1. The monoisotopic (exact) mass is 475 g/mol. The molecule has 3 rings (SSSR count). The summed E-state index contributed by atoms with van der Waals surface area (Å²) in [7, 11) is 1.85. The summed E-state index contributed by atoms with van der Waals surface area (Å²) in [6.07, 6.45) is 10.6. The molecular weight excluding hydrogens is 441 g/mol. The predicted octanol–water partition coefficient (Wildman–Crippen LogP) is 2.63. The first-order chi connectivity index (χ1) is 12.0. The summed E-state index contributed by atoms with van der Waals surface area (Å²) in [5.41, 5.74) is -0.224. The Morgan fingerprint density at radius 2 is 2.19 bits per heavy atom. The van der Waals surface area contributed by atoms with Crippen LogP contribution in [-0.4, -0.2) is 40.5 Å². The lowest BCUT2D eigenvalue weighted by Crippen LogP contribution is -2.39. The van der Waals surface area contributed by atoms with E-state index in [1.54, 1.807) is 17.8 Å². The van der Waals surface area contributed by atoms with E-state index in [9.17, 15) is 5.11 Å². The Balaban J connectivity index is 0.00000243. The zero-order chi connectivity index (χ0) is 17.9. The molecular formula is C19H34IN5O. The lowest BCUT2D eigenvalue weighted by atomic mass is 9.86. The van der Waals surface area contributed by atoms with Crippen molar-refractivity contribution >= 4 is 29.9 Å². The van der Waals surface area contributed by atoms with E-state index in [0.717, 1.165) is 42.4 Å². The van der Waals surface area contributed by atoms with Gasteiger partial charge in [0.2, 0.25) is 0 Å².